The molecule has 1 heterocycles. The van der Waals surface area contributed by atoms with Crippen LogP contribution >= 0.6 is 0 Å². The van der Waals surface area contributed by atoms with E-state index in [2.05, 4.69) is 21.8 Å². The van der Waals surface area contributed by atoms with E-state index in [1.807, 2.05) is 12.1 Å². The second-order valence-electron chi connectivity index (χ2n) is 7.36. The van der Waals surface area contributed by atoms with Crippen molar-refractivity contribution in [2.24, 2.45) is 0 Å². The van der Waals surface area contributed by atoms with Gasteiger partial charge in [0.05, 0.1) is 4.90 Å². The fraction of sp³-hybridized carbons (Fsp3) is 0.409. The van der Waals surface area contributed by atoms with E-state index in [1.165, 1.54) is 37.1 Å². The number of sulfonamides is 1. The smallest absolute Gasteiger partial charge is 0.253 e. The maximum atomic E-state index is 12.9. The number of piperidine rings is 1. The van der Waals surface area contributed by atoms with Gasteiger partial charge in [-0.1, -0.05) is 25.1 Å². The minimum atomic E-state index is -3.52. The molecule has 6 nitrogen and oxygen atoms in total. The highest BCUT2D eigenvalue weighted by Crippen LogP contribution is 2.25. The van der Waals surface area contributed by atoms with Crippen LogP contribution in [0.2, 0.25) is 0 Å². The summed E-state index contributed by atoms with van der Waals surface area (Å²) in [5, 5.41) is 0. The van der Waals surface area contributed by atoms with Crippen molar-refractivity contribution in [1.29, 1.82) is 0 Å². The molecule has 2 aromatic rings. The molecule has 0 saturated carbocycles. The van der Waals surface area contributed by atoms with Crippen molar-refractivity contribution < 1.29 is 13.2 Å². The lowest BCUT2D eigenvalue weighted by Crippen LogP contribution is -2.32. The molecule has 0 radical (unpaired) electrons. The molecule has 1 aliphatic rings. The minimum absolute atomic E-state index is 0.133. The molecule has 3 rings (SSSR count). The summed E-state index contributed by atoms with van der Waals surface area (Å²) in [5.74, 6) is -0.133. The third kappa shape index (κ3) is 5.16. The third-order valence-corrected chi connectivity index (χ3v) is 6.75. The van der Waals surface area contributed by atoms with Gasteiger partial charge < -0.3 is 9.80 Å². The van der Waals surface area contributed by atoms with Gasteiger partial charge in [0, 0.05) is 44.5 Å². The van der Waals surface area contributed by atoms with Gasteiger partial charge in [-0.2, -0.15) is 0 Å². The van der Waals surface area contributed by atoms with E-state index in [4.69, 9.17) is 0 Å². The molecule has 2 aromatic carbocycles. The molecular weight excluding hydrogens is 386 g/mol. The molecule has 0 atom stereocenters. The number of rotatable bonds is 7. The molecule has 0 unspecified atom stereocenters. The Labute approximate surface area is 173 Å². The SMILES string of the molecule is CCNS(=O)(=O)c1ccc(C(=O)N(C)Cc2ccccc2N2CCCCC2)cc1. The number of nitrogens with one attached hydrogen (secondary N) is 1. The van der Waals surface area contributed by atoms with E-state index in [-0.39, 0.29) is 10.8 Å². The quantitative estimate of drug-likeness (QED) is 0.754. The Bertz CT molecular complexity index is 936. The summed E-state index contributed by atoms with van der Waals surface area (Å²) in [5.41, 5.74) is 2.79. The highest BCUT2D eigenvalue weighted by Gasteiger charge is 2.19. The molecule has 7 heteroatoms. The summed E-state index contributed by atoms with van der Waals surface area (Å²) in [6, 6.07) is 14.3. The second kappa shape index (κ2) is 9.41. The zero-order valence-electron chi connectivity index (χ0n) is 17.1. The number of anilines is 1. The van der Waals surface area contributed by atoms with Crippen LogP contribution in [0.1, 0.15) is 42.1 Å². The van der Waals surface area contributed by atoms with Crippen LogP contribution < -0.4 is 9.62 Å². The molecule has 1 amide bonds. The summed E-state index contributed by atoms with van der Waals surface area (Å²) in [4.78, 5) is 17.1. The summed E-state index contributed by atoms with van der Waals surface area (Å²) in [7, 11) is -1.74. The van der Waals surface area contributed by atoms with Gasteiger partial charge in [-0.3, -0.25) is 4.79 Å². The molecule has 0 aliphatic carbocycles. The molecule has 1 fully saturated rings. The van der Waals surface area contributed by atoms with Crippen molar-refractivity contribution in [3.8, 4) is 0 Å². The monoisotopic (exact) mass is 415 g/mol. The number of carbonyl (C=O) groups is 1. The number of hydrogen-bond donors (Lipinski definition) is 1. The Kier molecular flexibility index (Phi) is 6.92. The highest BCUT2D eigenvalue weighted by atomic mass is 32.2. The van der Waals surface area contributed by atoms with Crippen LogP contribution in [0.5, 0.6) is 0 Å². The van der Waals surface area contributed by atoms with Crippen LogP contribution in [0.3, 0.4) is 0 Å². The summed E-state index contributed by atoms with van der Waals surface area (Å²) in [6.07, 6.45) is 3.67. The number of amides is 1. The number of benzene rings is 2. The van der Waals surface area contributed by atoms with Gasteiger partial charge >= 0.3 is 0 Å². The van der Waals surface area contributed by atoms with Crippen molar-refractivity contribution in [3.05, 3.63) is 59.7 Å². The average Bonchev–Trinajstić information content (AvgIpc) is 2.74. The van der Waals surface area contributed by atoms with Crippen LogP contribution in [0.4, 0.5) is 5.69 Å². The Morgan fingerprint density at radius 3 is 2.34 bits per heavy atom. The van der Waals surface area contributed by atoms with Gasteiger partial charge in [0.15, 0.2) is 0 Å². The first-order valence-corrected chi connectivity index (χ1v) is 11.6. The van der Waals surface area contributed by atoms with Crippen molar-refractivity contribution in [1.82, 2.24) is 9.62 Å². The van der Waals surface area contributed by atoms with E-state index in [0.717, 1.165) is 18.7 Å². The Morgan fingerprint density at radius 1 is 1.03 bits per heavy atom. The third-order valence-electron chi connectivity index (χ3n) is 5.19. The Hall–Kier alpha value is -2.38. The topological polar surface area (TPSA) is 69.7 Å². The van der Waals surface area contributed by atoms with Crippen molar-refractivity contribution in [2.75, 3.05) is 31.6 Å². The first kappa shape index (κ1) is 21.3. The van der Waals surface area contributed by atoms with Gasteiger partial charge in [-0.25, -0.2) is 13.1 Å². The van der Waals surface area contributed by atoms with Gasteiger partial charge in [0.25, 0.3) is 5.91 Å². The maximum Gasteiger partial charge on any atom is 0.253 e. The van der Waals surface area contributed by atoms with Crippen molar-refractivity contribution >= 4 is 21.6 Å². The zero-order valence-corrected chi connectivity index (χ0v) is 17.9. The van der Waals surface area contributed by atoms with Crippen LogP contribution in [0.15, 0.2) is 53.4 Å². The normalized spacial score (nSPS) is 14.6. The fourth-order valence-electron chi connectivity index (χ4n) is 3.69. The molecule has 0 bridgehead atoms. The predicted molar refractivity (Wildman–Crippen MR) is 116 cm³/mol. The van der Waals surface area contributed by atoms with Gasteiger partial charge in [0.1, 0.15) is 0 Å². The van der Waals surface area contributed by atoms with Crippen molar-refractivity contribution in [3.63, 3.8) is 0 Å². The lowest BCUT2D eigenvalue weighted by atomic mass is 10.1. The van der Waals surface area contributed by atoms with Crippen LogP contribution in [0, 0.1) is 0 Å². The second-order valence-corrected chi connectivity index (χ2v) is 9.13. The Balaban J connectivity index is 1.73. The number of para-hydroxylation sites is 1. The van der Waals surface area contributed by atoms with Gasteiger partial charge in [-0.05, 0) is 55.2 Å². The number of hydrogen-bond acceptors (Lipinski definition) is 4. The molecular formula is C22H29N3O3S. The minimum Gasteiger partial charge on any atom is -0.371 e. The van der Waals surface area contributed by atoms with Crippen LogP contribution in [-0.2, 0) is 16.6 Å². The largest absolute Gasteiger partial charge is 0.371 e. The first-order chi connectivity index (χ1) is 13.9. The molecule has 29 heavy (non-hydrogen) atoms. The predicted octanol–water partition coefficient (Wildman–Crippen LogP) is 3.25. The van der Waals surface area contributed by atoms with E-state index in [0.29, 0.717) is 18.7 Å². The molecule has 156 valence electrons. The van der Waals surface area contributed by atoms with Gasteiger partial charge in [-0.15, -0.1) is 0 Å². The Morgan fingerprint density at radius 2 is 1.69 bits per heavy atom. The molecule has 0 spiro atoms. The van der Waals surface area contributed by atoms with E-state index in [9.17, 15) is 13.2 Å². The molecule has 0 aromatic heterocycles. The molecule has 1 N–H and O–H groups in total. The maximum absolute atomic E-state index is 12.9. The summed E-state index contributed by atoms with van der Waals surface area (Å²) >= 11 is 0. The molecule has 1 aliphatic heterocycles. The van der Waals surface area contributed by atoms with E-state index in [1.54, 1.807) is 31.0 Å². The number of nitrogens with zero attached hydrogens (tertiary/aromatic N) is 2. The van der Waals surface area contributed by atoms with Crippen LogP contribution in [0.25, 0.3) is 0 Å². The highest BCUT2D eigenvalue weighted by molar-refractivity contribution is 7.89. The summed E-state index contributed by atoms with van der Waals surface area (Å²) in [6.45, 7) is 4.66. The van der Waals surface area contributed by atoms with E-state index >= 15 is 0 Å². The van der Waals surface area contributed by atoms with Gasteiger partial charge in [0.2, 0.25) is 10.0 Å². The van der Waals surface area contributed by atoms with Crippen molar-refractivity contribution in [2.45, 2.75) is 37.6 Å². The number of carbonyl (C=O) groups excluding carboxylic acids is 1. The van der Waals surface area contributed by atoms with Crippen LogP contribution in [-0.4, -0.2) is 45.9 Å². The summed E-state index contributed by atoms with van der Waals surface area (Å²) < 4.78 is 26.6. The zero-order chi connectivity index (χ0) is 20.9. The standard InChI is InChI=1S/C22H29N3O3S/c1-3-23-29(27,28)20-13-11-18(12-14-20)22(26)24(2)17-19-9-5-6-10-21(19)25-15-7-4-8-16-25/h5-6,9-14,23H,3-4,7-8,15-17H2,1-2H3. The molecule has 1 saturated heterocycles. The lowest BCUT2D eigenvalue weighted by Gasteiger charge is -2.31. The fourth-order valence-corrected chi connectivity index (χ4v) is 4.73. The van der Waals surface area contributed by atoms with E-state index < -0.39 is 10.0 Å². The average molecular weight is 416 g/mol. The first-order valence-electron chi connectivity index (χ1n) is 10.1. The lowest BCUT2D eigenvalue weighted by molar-refractivity contribution is 0.0785.